The Balaban J connectivity index is 2.50. The quantitative estimate of drug-likeness (QED) is 0.672. The monoisotopic (exact) mass is 214 g/mol. The first-order valence-electron chi connectivity index (χ1n) is 6.15. The molecular formula is C14H18N2. The van der Waals surface area contributed by atoms with Gasteiger partial charge in [0.25, 0.3) is 0 Å². The maximum absolute atomic E-state index is 9.15. The number of nitriles is 1. The summed E-state index contributed by atoms with van der Waals surface area (Å²) in [5.74, 6) is 0.336. The summed E-state index contributed by atoms with van der Waals surface area (Å²) in [6, 6.07) is 4.36. The molecule has 0 radical (unpaired) electrons. The van der Waals surface area contributed by atoms with Gasteiger partial charge in [-0.05, 0) is 43.2 Å². The van der Waals surface area contributed by atoms with Crippen molar-refractivity contribution in [1.29, 1.82) is 5.26 Å². The molecule has 1 heterocycles. The molecular weight excluding hydrogens is 196 g/mol. The normalized spacial score (nSPS) is 15.4. The van der Waals surface area contributed by atoms with Gasteiger partial charge >= 0.3 is 0 Å². The Labute approximate surface area is 97.3 Å². The Bertz CT molecular complexity index is 427. The molecule has 2 rings (SSSR count). The number of aryl methyl sites for hydroxylation is 2. The van der Waals surface area contributed by atoms with Crippen LogP contribution in [0.4, 0.5) is 0 Å². The molecule has 0 unspecified atom stereocenters. The van der Waals surface area contributed by atoms with Crippen molar-refractivity contribution in [1.82, 2.24) is 4.98 Å². The van der Waals surface area contributed by atoms with Gasteiger partial charge in [-0.15, -0.1) is 0 Å². The fourth-order valence-corrected chi connectivity index (χ4v) is 2.36. The van der Waals surface area contributed by atoms with E-state index >= 15 is 0 Å². The minimum absolute atomic E-state index is 0.336. The first-order valence-corrected chi connectivity index (χ1v) is 6.15. The van der Waals surface area contributed by atoms with Crippen LogP contribution in [0.2, 0.25) is 0 Å². The van der Waals surface area contributed by atoms with Crippen molar-refractivity contribution < 1.29 is 0 Å². The number of rotatable bonds is 1. The summed E-state index contributed by atoms with van der Waals surface area (Å²) in [6.45, 7) is 4.21. The Morgan fingerprint density at radius 3 is 2.69 bits per heavy atom. The average Bonchev–Trinajstić information content (AvgIpc) is 2.51. The van der Waals surface area contributed by atoms with E-state index in [4.69, 9.17) is 10.2 Å². The largest absolute Gasteiger partial charge is 0.256 e. The topological polar surface area (TPSA) is 36.7 Å². The highest BCUT2D eigenvalue weighted by Crippen LogP contribution is 2.24. The summed E-state index contributed by atoms with van der Waals surface area (Å²) >= 11 is 0. The second kappa shape index (κ2) is 4.65. The third kappa shape index (κ3) is 2.09. The number of hydrogen-bond acceptors (Lipinski definition) is 2. The van der Waals surface area contributed by atoms with E-state index in [2.05, 4.69) is 26.0 Å². The maximum Gasteiger partial charge on any atom is 0.101 e. The highest BCUT2D eigenvalue weighted by molar-refractivity contribution is 5.40. The van der Waals surface area contributed by atoms with Crippen LogP contribution in [0.1, 0.15) is 61.5 Å². The van der Waals surface area contributed by atoms with Crippen molar-refractivity contribution in [3.63, 3.8) is 0 Å². The zero-order chi connectivity index (χ0) is 11.5. The van der Waals surface area contributed by atoms with E-state index in [9.17, 15) is 0 Å². The van der Waals surface area contributed by atoms with Crippen LogP contribution in [0.3, 0.4) is 0 Å². The lowest BCUT2D eigenvalue weighted by molar-refractivity contribution is 0.706. The van der Waals surface area contributed by atoms with Crippen LogP contribution in [-0.2, 0) is 12.8 Å². The van der Waals surface area contributed by atoms with Crippen molar-refractivity contribution in [2.75, 3.05) is 0 Å². The highest BCUT2D eigenvalue weighted by Gasteiger charge is 2.15. The van der Waals surface area contributed by atoms with Crippen LogP contribution in [0.15, 0.2) is 6.07 Å². The minimum Gasteiger partial charge on any atom is -0.256 e. The summed E-state index contributed by atoms with van der Waals surface area (Å²) in [6.07, 6.45) is 5.94. The molecule has 0 amide bonds. The fourth-order valence-electron chi connectivity index (χ4n) is 2.36. The molecule has 0 saturated carbocycles. The molecule has 0 atom stereocenters. The Morgan fingerprint density at radius 2 is 2.00 bits per heavy atom. The molecule has 0 bridgehead atoms. The van der Waals surface area contributed by atoms with Crippen molar-refractivity contribution >= 4 is 0 Å². The lowest BCUT2D eigenvalue weighted by Gasteiger charge is -2.12. The number of fused-ring (bicyclic) bond motifs is 1. The minimum atomic E-state index is 0.336. The van der Waals surface area contributed by atoms with E-state index in [-0.39, 0.29) is 0 Å². The van der Waals surface area contributed by atoms with Crippen LogP contribution < -0.4 is 0 Å². The maximum atomic E-state index is 9.15. The summed E-state index contributed by atoms with van der Waals surface area (Å²) < 4.78 is 0. The van der Waals surface area contributed by atoms with Crippen molar-refractivity contribution in [2.45, 2.75) is 51.9 Å². The number of hydrogen-bond donors (Lipinski definition) is 0. The first kappa shape index (κ1) is 11.1. The molecule has 1 aromatic heterocycles. The molecule has 1 aliphatic rings. The van der Waals surface area contributed by atoms with Gasteiger partial charge in [0, 0.05) is 5.69 Å². The predicted molar refractivity (Wildman–Crippen MR) is 64.3 cm³/mol. The fraction of sp³-hybridized carbons (Fsp3) is 0.571. The van der Waals surface area contributed by atoms with Crippen molar-refractivity contribution in [3.05, 3.63) is 28.6 Å². The molecule has 0 spiro atoms. The molecule has 0 aliphatic heterocycles. The second-order valence-corrected chi connectivity index (χ2v) is 4.85. The third-order valence-electron chi connectivity index (χ3n) is 3.25. The van der Waals surface area contributed by atoms with Gasteiger partial charge in [0.15, 0.2) is 0 Å². The Morgan fingerprint density at radius 1 is 1.25 bits per heavy atom. The Hall–Kier alpha value is -1.36. The molecule has 0 saturated heterocycles. The smallest absolute Gasteiger partial charge is 0.101 e. The van der Waals surface area contributed by atoms with Crippen LogP contribution in [0.5, 0.6) is 0 Å². The number of pyridine rings is 1. The number of aromatic nitrogens is 1. The predicted octanol–water partition coefficient (Wildman–Crippen LogP) is 3.35. The lowest BCUT2D eigenvalue weighted by Crippen LogP contribution is -2.04. The van der Waals surface area contributed by atoms with Gasteiger partial charge in [0.05, 0.1) is 11.3 Å². The van der Waals surface area contributed by atoms with E-state index in [1.54, 1.807) is 0 Å². The summed E-state index contributed by atoms with van der Waals surface area (Å²) in [4.78, 5) is 4.72. The second-order valence-electron chi connectivity index (χ2n) is 4.85. The van der Waals surface area contributed by atoms with Crippen LogP contribution in [0.25, 0.3) is 0 Å². The van der Waals surface area contributed by atoms with Gasteiger partial charge in [0.1, 0.15) is 6.07 Å². The van der Waals surface area contributed by atoms with E-state index in [0.717, 1.165) is 24.1 Å². The molecule has 1 aliphatic carbocycles. The highest BCUT2D eigenvalue weighted by atomic mass is 14.7. The van der Waals surface area contributed by atoms with Gasteiger partial charge < -0.3 is 0 Å². The molecule has 2 nitrogen and oxygen atoms in total. The van der Waals surface area contributed by atoms with E-state index in [0.29, 0.717) is 5.92 Å². The van der Waals surface area contributed by atoms with Crippen molar-refractivity contribution in [2.24, 2.45) is 0 Å². The molecule has 0 N–H and O–H groups in total. The van der Waals surface area contributed by atoms with Gasteiger partial charge in [-0.2, -0.15) is 5.26 Å². The molecule has 1 aromatic rings. The van der Waals surface area contributed by atoms with Crippen LogP contribution in [-0.4, -0.2) is 4.98 Å². The average molecular weight is 214 g/mol. The summed E-state index contributed by atoms with van der Waals surface area (Å²) in [7, 11) is 0. The van der Waals surface area contributed by atoms with Crippen molar-refractivity contribution in [3.8, 4) is 6.07 Å². The molecule has 2 heteroatoms. The lowest BCUT2D eigenvalue weighted by atomic mass is 9.99. The molecule has 16 heavy (non-hydrogen) atoms. The number of nitrogens with zero attached hydrogens (tertiary/aromatic N) is 2. The first-order chi connectivity index (χ1) is 7.72. The summed E-state index contributed by atoms with van der Waals surface area (Å²) in [5, 5.41) is 9.15. The van der Waals surface area contributed by atoms with Gasteiger partial charge in [0.2, 0.25) is 0 Å². The zero-order valence-electron chi connectivity index (χ0n) is 10.1. The molecule has 0 fully saturated rings. The van der Waals surface area contributed by atoms with Crippen LogP contribution >= 0.6 is 0 Å². The third-order valence-corrected chi connectivity index (χ3v) is 3.25. The van der Waals surface area contributed by atoms with E-state index in [1.807, 2.05) is 0 Å². The van der Waals surface area contributed by atoms with E-state index < -0.39 is 0 Å². The zero-order valence-corrected chi connectivity index (χ0v) is 10.1. The van der Waals surface area contributed by atoms with E-state index in [1.165, 1.54) is 30.5 Å². The Kier molecular flexibility index (Phi) is 3.24. The van der Waals surface area contributed by atoms with Gasteiger partial charge in [-0.3, -0.25) is 4.98 Å². The van der Waals surface area contributed by atoms with Gasteiger partial charge in [-0.1, -0.05) is 20.3 Å². The summed E-state index contributed by atoms with van der Waals surface area (Å²) in [5.41, 5.74) is 4.29. The van der Waals surface area contributed by atoms with Gasteiger partial charge in [-0.25, -0.2) is 0 Å². The SMILES string of the molecule is CC(C)c1nc2c(cc1C#N)CCCCC2. The molecule has 0 aromatic carbocycles. The molecule has 84 valence electrons. The van der Waals surface area contributed by atoms with Crippen LogP contribution in [0, 0.1) is 11.3 Å². The standard InChI is InChI=1S/C14H18N2/c1-10(2)14-12(9-15)8-11-6-4-3-5-7-13(11)16-14/h8,10H,3-7H2,1-2H3.